The van der Waals surface area contributed by atoms with Crippen LogP contribution < -0.4 is 5.73 Å². The molecule has 0 amide bonds. The van der Waals surface area contributed by atoms with Crippen LogP contribution in [0.1, 0.15) is 25.3 Å². The van der Waals surface area contributed by atoms with Gasteiger partial charge in [-0.3, -0.25) is 10.1 Å². The van der Waals surface area contributed by atoms with Crippen LogP contribution in [0.2, 0.25) is 5.02 Å². The highest BCUT2D eigenvalue weighted by Gasteiger charge is 2.38. The topological polar surface area (TPSA) is 155 Å². The maximum absolute atomic E-state index is 12.8. The van der Waals surface area contributed by atoms with Crippen molar-refractivity contribution < 1.29 is 28.7 Å². The number of benzene rings is 1. The molecule has 0 unspecified atom stereocenters. The van der Waals surface area contributed by atoms with E-state index in [0.717, 1.165) is 6.07 Å². The fourth-order valence-corrected chi connectivity index (χ4v) is 3.02. The third-order valence-electron chi connectivity index (χ3n) is 4.23. The maximum atomic E-state index is 12.8. The number of esters is 2. The van der Waals surface area contributed by atoms with E-state index in [2.05, 4.69) is 6.58 Å². The van der Waals surface area contributed by atoms with E-state index in [0.29, 0.717) is 0 Å². The van der Waals surface area contributed by atoms with E-state index in [1.165, 1.54) is 26.0 Å². The van der Waals surface area contributed by atoms with Crippen LogP contribution >= 0.6 is 11.6 Å². The van der Waals surface area contributed by atoms with Gasteiger partial charge in [-0.25, -0.2) is 9.59 Å². The van der Waals surface area contributed by atoms with Crippen LogP contribution in [0.25, 0.3) is 0 Å². The quantitative estimate of drug-likeness (QED) is 0.218. The molecule has 0 aromatic heterocycles. The number of halogens is 1. The van der Waals surface area contributed by atoms with Gasteiger partial charge in [0.1, 0.15) is 30.6 Å². The summed E-state index contributed by atoms with van der Waals surface area (Å²) >= 11 is 6.24. The Morgan fingerprint density at radius 2 is 2.03 bits per heavy atom. The number of nitrogens with two attached hydrogens (primary N) is 1. The van der Waals surface area contributed by atoms with Crippen molar-refractivity contribution in [1.82, 2.24) is 0 Å². The van der Waals surface area contributed by atoms with Crippen molar-refractivity contribution in [2.45, 2.75) is 19.8 Å². The predicted octanol–water partition coefficient (Wildman–Crippen LogP) is 2.99. The maximum Gasteiger partial charge on any atom is 0.338 e. The number of nitriles is 1. The number of ether oxygens (including phenoxy) is 3. The second-order valence-electron chi connectivity index (χ2n) is 6.41. The van der Waals surface area contributed by atoms with E-state index in [1.807, 2.05) is 6.07 Å². The average molecular weight is 448 g/mol. The number of hydrogen-bond donors (Lipinski definition) is 1. The number of carbonyl (C=O) groups is 2. The summed E-state index contributed by atoms with van der Waals surface area (Å²) in [6, 6.07) is 5.48. The highest BCUT2D eigenvalue weighted by atomic mass is 35.5. The Hall–Kier alpha value is -3.84. The van der Waals surface area contributed by atoms with Crippen LogP contribution in [0, 0.1) is 21.4 Å². The van der Waals surface area contributed by atoms with E-state index in [9.17, 15) is 25.0 Å². The largest absolute Gasteiger partial charge is 0.459 e. The molecule has 0 aliphatic carbocycles. The minimum absolute atomic E-state index is 0.0352. The lowest BCUT2D eigenvalue weighted by Crippen LogP contribution is -2.26. The average Bonchev–Trinajstić information content (AvgIpc) is 2.70. The molecule has 2 rings (SSSR count). The van der Waals surface area contributed by atoms with Gasteiger partial charge >= 0.3 is 11.9 Å². The zero-order valence-corrected chi connectivity index (χ0v) is 17.4. The summed E-state index contributed by atoms with van der Waals surface area (Å²) in [5.41, 5.74) is 5.54. The van der Waals surface area contributed by atoms with Crippen molar-refractivity contribution in [1.29, 1.82) is 5.26 Å². The van der Waals surface area contributed by atoms with Gasteiger partial charge in [-0.15, -0.1) is 0 Å². The molecule has 0 bridgehead atoms. The standard InChI is InChI=1S/C20H18ClN3O7/c1-10(2)19(25)29-6-7-30-20(26)16-11(3)31-18(23)14(9-22)17(16)13-8-12(24(27)28)4-5-15(13)21/h4-5,8,17H,1,6-7,23H2,2-3H3/t17-/m0/s1. The molecule has 1 aromatic rings. The second kappa shape index (κ2) is 9.77. The van der Waals surface area contributed by atoms with Crippen molar-refractivity contribution in [3.05, 3.63) is 73.8 Å². The molecule has 0 saturated heterocycles. The van der Waals surface area contributed by atoms with Crippen LogP contribution in [-0.4, -0.2) is 30.1 Å². The Kier molecular flexibility index (Phi) is 7.39. The SMILES string of the molecule is C=C(C)C(=O)OCCOC(=O)C1=C(C)OC(N)=C(C#N)[C@@H]1c1cc([N+](=O)[O-])ccc1Cl. The number of non-ortho nitro benzene ring substituents is 1. The summed E-state index contributed by atoms with van der Waals surface area (Å²) < 4.78 is 15.3. The van der Waals surface area contributed by atoms with Crippen LogP contribution in [0.15, 0.2) is 53.1 Å². The van der Waals surface area contributed by atoms with E-state index in [1.54, 1.807) is 0 Å². The fraction of sp³-hybridized carbons (Fsp3) is 0.250. The first-order valence-electron chi connectivity index (χ1n) is 8.80. The van der Waals surface area contributed by atoms with Gasteiger partial charge in [0.2, 0.25) is 5.88 Å². The third-order valence-corrected chi connectivity index (χ3v) is 4.57. The molecule has 0 spiro atoms. The van der Waals surface area contributed by atoms with Crippen molar-refractivity contribution in [3.8, 4) is 6.07 Å². The summed E-state index contributed by atoms with van der Waals surface area (Å²) in [6.07, 6.45) is 0. The van der Waals surface area contributed by atoms with Gasteiger partial charge in [0.05, 0.1) is 16.4 Å². The van der Waals surface area contributed by atoms with E-state index >= 15 is 0 Å². The lowest BCUT2D eigenvalue weighted by atomic mass is 9.83. The summed E-state index contributed by atoms with van der Waals surface area (Å²) in [7, 11) is 0. The molecule has 1 atom stereocenters. The van der Waals surface area contributed by atoms with E-state index in [-0.39, 0.29) is 57.8 Å². The molecule has 0 fully saturated rings. The number of nitro benzene ring substituents is 1. The van der Waals surface area contributed by atoms with Crippen LogP contribution in [-0.2, 0) is 23.8 Å². The van der Waals surface area contributed by atoms with Gasteiger partial charge in [-0.05, 0) is 25.5 Å². The summed E-state index contributed by atoms with van der Waals surface area (Å²) in [5.74, 6) is -2.92. The monoisotopic (exact) mass is 447 g/mol. The highest BCUT2D eigenvalue weighted by molar-refractivity contribution is 6.31. The smallest absolute Gasteiger partial charge is 0.338 e. The molecule has 31 heavy (non-hydrogen) atoms. The summed E-state index contributed by atoms with van der Waals surface area (Å²) in [4.78, 5) is 34.8. The summed E-state index contributed by atoms with van der Waals surface area (Å²) in [5, 5.41) is 20.9. The van der Waals surface area contributed by atoms with Gasteiger partial charge in [-0.1, -0.05) is 18.2 Å². The lowest BCUT2D eigenvalue weighted by molar-refractivity contribution is -0.384. The zero-order chi connectivity index (χ0) is 23.3. The third kappa shape index (κ3) is 5.21. The van der Waals surface area contributed by atoms with E-state index in [4.69, 9.17) is 31.5 Å². The molecular formula is C20H18ClN3O7. The Bertz CT molecular complexity index is 1070. The number of nitro groups is 1. The molecule has 0 radical (unpaired) electrons. The molecule has 1 aromatic carbocycles. The second-order valence-corrected chi connectivity index (χ2v) is 6.82. The van der Waals surface area contributed by atoms with Crippen molar-refractivity contribution in [2.24, 2.45) is 5.73 Å². The Morgan fingerprint density at radius 3 is 2.61 bits per heavy atom. The molecule has 10 nitrogen and oxygen atoms in total. The first-order chi connectivity index (χ1) is 14.6. The molecular weight excluding hydrogens is 430 g/mol. The van der Waals surface area contributed by atoms with Gasteiger partial charge in [0.15, 0.2) is 0 Å². The van der Waals surface area contributed by atoms with Crippen molar-refractivity contribution in [2.75, 3.05) is 13.2 Å². The minimum atomic E-state index is -1.16. The van der Waals surface area contributed by atoms with Gasteiger partial charge < -0.3 is 19.9 Å². The Labute approximate surface area is 182 Å². The van der Waals surface area contributed by atoms with Crippen LogP contribution in [0.4, 0.5) is 5.69 Å². The first kappa shape index (κ1) is 23.4. The molecule has 0 saturated carbocycles. The Balaban J connectivity index is 2.40. The van der Waals surface area contributed by atoms with Crippen molar-refractivity contribution >= 4 is 29.2 Å². The fourth-order valence-electron chi connectivity index (χ4n) is 2.79. The zero-order valence-electron chi connectivity index (χ0n) is 16.6. The minimum Gasteiger partial charge on any atom is -0.459 e. The van der Waals surface area contributed by atoms with Crippen LogP contribution in [0.5, 0.6) is 0 Å². The number of allylic oxidation sites excluding steroid dienone is 2. The van der Waals surface area contributed by atoms with E-state index < -0.39 is 22.8 Å². The number of carbonyl (C=O) groups excluding carboxylic acids is 2. The van der Waals surface area contributed by atoms with Gasteiger partial charge in [0.25, 0.3) is 5.69 Å². The molecule has 1 aliphatic rings. The van der Waals surface area contributed by atoms with Crippen LogP contribution in [0.3, 0.4) is 0 Å². The van der Waals surface area contributed by atoms with Crippen molar-refractivity contribution in [3.63, 3.8) is 0 Å². The molecule has 1 aliphatic heterocycles. The predicted molar refractivity (Wildman–Crippen MR) is 108 cm³/mol. The lowest BCUT2D eigenvalue weighted by Gasteiger charge is -2.27. The highest BCUT2D eigenvalue weighted by Crippen LogP contribution is 2.43. The number of rotatable bonds is 7. The molecule has 11 heteroatoms. The summed E-state index contributed by atoms with van der Waals surface area (Å²) in [6.45, 7) is 5.82. The van der Waals surface area contributed by atoms with Gasteiger partial charge in [0, 0.05) is 22.7 Å². The molecule has 2 N–H and O–H groups in total. The first-order valence-corrected chi connectivity index (χ1v) is 9.18. The molecule has 162 valence electrons. The normalized spacial score (nSPS) is 15.6. The van der Waals surface area contributed by atoms with Gasteiger partial charge in [-0.2, -0.15) is 5.26 Å². The number of hydrogen-bond acceptors (Lipinski definition) is 9. The Morgan fingerprint density at radius 1 is 1.39 bits per heavy atom. The number of nitrogens with zero attached hydrogens (tertiary/aromatic N) is 2. The molecule has 1 heterocycles.